The Bertz CT molecular complexity index is 519. The number of rotatable bonds is 5. The van der Waals surface area contributed by atoms with Crippen LogP contribution in [0.1, 0.15) is 27.7 Å². The van der Waals surface area contributed by atoms with Crippen molar-refractivity contribution in [3.05, 3.63) is 18.2 Å². The van der Waals surface area contributed by atoms with Crippen molar-refractivity contribution in [1.82, 2.24) is 4.98 Å². The molecule has 0 aliphatic carbocycles. The molecule has 0 radical (unpaired) electrons. The fourth-order valence-electron chi connectivity index (χ4n) is 1.57. The highest BCUT2D eigenvalue weighted by Gasteiger charge is 2.06. The molecule has 1 N–H and O–H groups in total. The molecule has 2 rings (SSSR count). The first-order chi connectivity index (χ1) is 8.54. The van der Waals surface area contributed by atoms with Gasteiger partial charge in [-0.15, -0.1) is 0 Å². The minimum atomic E-state index is 0.405. The number of nitrogens with zero attached hydrogens (tertiary/aromatic N) is 1. The topological polar surface area (TPSA) is 34.1 Å². The molecule has 1 heterocycles. The number of nitrogens with one attached hydrogen (secondary N) is 1. The van der Waals surface area contributed by atoms with Crippen molar-refractivity contribution < 1.29 is 4.74 Å². The summed E-state index contributed by atoms with van der Waals surface area (Å²) in [4.78, 5) is 4.54. The lowest BCUT2D eigenvalue weighted by Crippen LogP contribution is -2.08. The van der Waals surface area contributed by atoms with Crippen molar-refractivity contribution in [2.45, 2.75) is 33.7 Å². The molecule has 18 heavy (non-hydrogen) atoms. The van der Waals surface area contributed by atoms with E-state index in [4.69, 9.17) is 4.74 Å². The van der Waals surface area contributed by atoms with Crippen molar-refractivity contribution in [3.8, 4) is 5.75 Å². The summed E-state index contributed by atoms with van der Waals surface area (Å²) in [6.45, 7) is 9.28. The number of ether oxygens (including phenoxy) is 1. The van der Waals surface area contributed by atoms with Crippen LogP contribution in [0.25, 0.3) is 10.2 Å². The van der Waals surface area contributed by atoms with Gasteiger partial charge < -0.3 is 10.1 Å². The van der Waals surface area contributed by atoms with Gasteiger partial charge in [0.1, 0.15) is 5.75 Å². The lowest BCUT2D eigenvalue weighted by molar-refractivity contribution is 0.271. The van der Waals surface area contributed by atoms with Gasteiger partial charge in [-0.2, -0.15) is 0 Å². The molecule has 0 unspecified atom stereocenters. The zero-order chi connectivity index (χ0) is 13.1. The van der Waals surface area contributed by atoms with Gasteiger partial charge in [-0.05, 0) is 38.0 Å². The van der Waals surface area contributed by atoms with Gasteiger partial charge in [0.2, 0.25) is 0 Å². The molecule has 1 aromatic carbocycles. The average molecular weight is 264 g/mol. The summed E-state index contributed by atoms with van der Waals surface area (Å²) in [6.07, 6.45) is 0. The van der Waals surface area contributed by atoms with Crippen LogP contribution in [0.4, 0.5) is 5.13 Å². The molecule has 0 saturated carbocycles. The zero-order valence-corrected chi connectivity index (χ0v) is 12.2. The van der Waals surface area contributed by atoms with Crippen LogP contribution >= 0.6 is 11.3 Å². The Balaban J connectivity index is 2.17. The molecule has 4 heteroatoms. The van der Waals surface area contributed by atoms with Crippen LogP contribution in [-0.4, -0.2) is 17.6 Å². The second-order valence-corrected chi connectivity index (χ2v) is 6.18. The normalized spacial score (nSPS) is 11.4. The monoisotopic (exact) mass is 264 g/mol. The van der Waals surface area contributed by atoms with Crippen LogP contribution in [0.2, 0.25) is 0 Å². The molecule has 1 aromatic heterocycles. The van der Waals surface area contributed by atoms with E-state index in [0.29, 0.717) is 12.0 Å². The van der Waals surface area contributed by atoms with Crippen LogP contribution in [0, 0.1) is 5.92 Å². The first-order valence-corrected chi connectivity index (χ1v) is 7.16. The molecular formula is C14H20N2OS. The molecule has 0 spiro atoms. The molecule has 0 atom stereocenters. The predicted octanol–water partition coefficient (Wildman–Crippen LogP) is 4.15. The molecule has 0 aliphatic rings. The first-order valence-electron chi connectivity index (χ1n) is 6.34. The SMILES string of the molecule is CC(C)COc1ccc2nc(NC(C)C)sc2c1. The molecule has 0 aliphatic heterocycles. The third kappa shape index (κ3) is 3.35. The van der Waals surface area contributed by atoms with Crippen molar-refractivity contribution in [2.75, 3.05) is 11.9 Å². The molecule has 98 valence electrons. The quantitative estimate of drug-likeness (QED) is 0.880. The van der Waals surface area contributed by atoms with E-state index in [9.17, 15) is 0 Å². The minimum Gasteiger partial charge on any atom is -0.493 e. The van der Waals surface area contributed by atoms with Crippen LogP contribution in [0.15, 0.2) is 18.2 Å². The molecule has 0 bridgehead atoms. The van der Waals surface area contributed by atoms with Crippen molar-refractivity contribution in [1.29, 1.82) is 0 Å². The number of hydrogen-bond acceptors (Lipinski definition) is 4. The van der Waals surface area contributed by atoms with Crippen molar-refractivity contribution in [2.24, 2.45) is 5.92 Å². The van der Waals surface area contributed by atoms with Gasteiger partial charge in [-0.1, -0.05) is 25.2 Å². The van der Waals surface area contributed by atoms with Crippen molar-refractivity contribution in [3.63, 3.8) is 0 Å². The molecule has 0 amide bonds. The fraction of sp³-hybridized carbons (Fsp3) is 0.500. The van der Waals surface area contributed by atoms with Gasteiger partial charge in [-0.3, -0.25) is 0 Å². The first kappa shape index (κ1) is 13.1. The van der Waals surface area contributed by atoms with Crippen LogP contribution in [-0.2, 0) is 0 Å². The Morgan fingerprint density at radius 1 is 1.28 bits per heavy atom. The summed E-state index contributed by atoms with van der Waals surface area (Å²) in [7, 11) is 0. The Morgan fingerprint density at radius 2 is 2.06 bits per heavy atom. The van der Waals surface area contributed by atoms with E-state index in [-0.39, 0.29) is 0 Å². The number of aromatic nitrogens is 1. The standard InChI is InChI=1S/C14H20N2OS/c1-9(2)8-17-11-5-6-12-13(7-11)18-14(16-12)15-10(3)4/h5-7,9-10H,8H2,1-4H3,(H,15,16). The van der Waals surface area contributed by atoms with Gasteiger partial charge in [0, 0.05) is 6.04 Å². The summed E-state index contributed by atoms with van der Waals surface area (Å²) < 4.78 is 6.89. The minimum absolute atomic E-state index is 0.405. The van der Waals surface area contributed by atoms with Crippen LogP contribution in [0.3, 0.4) is 0 Å². The molecule has 0 fully saturated rings. The second kappa shape index (κ2) is 5.57. The van der Waals surface area contributed by atoms with Gasteiger partial charge in [0.05, 0.1) is 16.8 Å². The summed E-state index contributed by atoms with van der Waals surface area (Å²) in [5.41, 5.74) is 1.03. The van der Waals surface area contributed by atoms with E-state index < -0.39 is 0 Å². The molecule has 2 aromatic rings. The Hall–Kier alpha value is -1.29. The van der Waals surface area contributed by atoms with Gasteiger partial charge >= 0.3 is 0 Å². The maximum absolute atomic E-state index is 5.72. The largest absolute Gasteiger partial charge is 0.493 e. The Kier molecular flexibility index (Phi) is 4.07. The number of thiazole rings is 1. The van der Waals surface area contributed by atoms with Gasteiger partial charge in [0.25, 0.3) is 0 Å². The van der Waals surface area contributed by atoms with E-state index in [1.54, 1.807) is 11.3 Å². The third-order valence-corrected chi connectivity index (χ3v) is 3.30. The summed E-state index contributed by atoms with van der Waals surface area (Å²) in [5.74, 6) is 1.47. The highest BCUT2D eigenvalue weighted by molar-refractivity contribution is 7.22. The zero-order valence-electron chi connectivity index (χ0n) is 11.4. The molecular weight excluding hydrogens is 244 g/mol. The summed E-state index contributed by atoms with van der Waals surface area (Å²) >= 11 is 1.67. The molecule has 0 saturated heterocycles. The highest BCUT2D eigenvalue weighted by atomic mass is 32.1. The third-order valence-electron chi connectivity index (χ3n) is 2.36. The predicted molar refractivity (Wildman–Crippen MR) is 78.7 cm³/mol. The average Bonchev–Trinajstić information content (AvgIpc) is 2.66. The highest BCUT2D eigenvalue weighted by Crippen LogP contribution is 2.29. The molecule has 3 nitrogen and oxygen atoms in total. The van der Waals surface area contributed by atoms with E-state index in [1.165, 1.54) is 4.70 Å². The van der Waals surface area contributed by atoms with E-state index in [0.717, 1.165) is 23.0 Å². The van der Waals surface area contributed by atoms with Crippen LogP contribution in [0.5, 0.6) is 5.75 Å². The maximum atomic E-state index is 5.72. The number of fused-ring (bicyclic) bond motifs is 1. The lowest BCUT2D eigenvalue weighted by atomic mass is 10.2. The Morgan fingerprint density at radius 3 is 2.72 bits per heavy atom. The number of benzene rings is 1. The summed E-state index contributed by atoms with van der Waals surface area (Å²) in [5, 5.41) is 4.30. The second-order valence-electron chi connectivity index (χ2n) is 5.15. The maximum Gasteiger partial charge on any atom is 0.183 e. The van der Waals surface area contributed by atoms with Crippen molar-refractivity contribution >= 4 is 26.7 Å². The lowest BCUT2D eigenvalue weighted by Gasteiger charge is -2.07. The van der Waals surface area contributed by atoms with E-state index >= 15 is 0 Å². The van der Waals surface area contributed by atoms with E-state index in [2.05, 4.69) is 44.1 Å². The fourth-order valence-corrected chi connectivity index (χ4v) is 2.61. The van der Waals surface area contributed by atoms with E-state index in [1.807, 2.05) is 12.1 Å². The number of hydrogen-bond donors (Lipinski definition) is 1. The van der Waals surface area contributed by atoms with Crippen LogP contribution < -0.4 is 10.1 Å². The van der Waals surface area contributed by atoms with Gasteiger partial charge in [-0.25, -0.2) is 4.98 Å². The summed E-state index contributed by atoms with van der Waals surface area (Å²) in [6, 6.07) is 6.49. The Labute approximate surface area is 112 Å². The number of anilines is 1. The van der Waals surface area contributed by atoms with Gasteiger partial charge in [0.15, 0.2) is 5.13 Å². The smallest absolute Gasteiger partial charge is 0.183 e.